The number of amides is 2. The highest BCUT2D eigenvalue weighted by Crippen LogP contribution is 2.53. The SMILES string of the molecule is CO[C@@H]1[C@H](OC(=O)NC(=O)CCl)CO[C@]2(COC(C)(C)O2)[C@@]1(O)C1OC1CCCc1ccccc1. The number of ether oxygens (including phenoxy) is 6. The van der Waals surface area contributed by atoms with E-state index in [4.69, 9.17) is 40.0 Å². The summed E-state index contributed by atoms with van der Waals surface area (Å²) in [6, 6.07) is 10.1. The molecule has 4 rings (SSSR count). The van der Waals surface area contributed by atoms with Gasteiger partial charge in [-0.05, 0) is 38.7 Å². The summed E-state index contributed by atoms with van der Waals surface area (Å²) in [6.45, 7) is 3.20. The Morgan fingerprint density at radius 1 is 1.23 bits per heavy atom. The molecule has 0 aromatic heterocycles. The number of alkyl halides is 1. The molecule has 0 radical (unpaired) electrons. The maximum Gasteiger partial charge on any atom is 0.414 e. The van der Waals surface area contributed by atoms with Crippen LogP contribution in [0.25, 0.3) is 0 Å². The molecule has 1 aromatic rings. The van der Waals surface area contributed by atoms with Gasteiger partial charge in [0.2, 0.25) is 11.7 Å². The average molecular weight is 514 g/mol. The van der Waals surface area contributed by atoms with Crippen molar-refractivity contribution in [1.82, 2.24) is 5.32 Å². The zero-order chi connectivity index (χ0) is 25.3. The third-order valence-electron chi connectivity index (χ3n) is 6.57. The number of rotatable bonds is 8. The predicted molar refractivity (Wildman–Crippen MR) is 123 cm³/mol. The second kappa shape index (κ2) is 10.3. The third kappa shape index (κ3) is 5.34. The van der Waals surface area contributed by atoms with Gasteiger partial charge >= 0.3 is 6.09 Å². The quantitative estimate of drug-likeness (QED) is 0.396. The van der Waals surface area contributed by atoms with E-state index in [9.17, 15) is 14.7 Å². The molecule has 35 heavy (non-hydrogen) atoms. The van der Waals surface area contributed by atoms with Crippen molar-refractivity contribution in [2.24, 2.45) is 0 Å². The molecular weight excluding hydrogens is 482 g/mol. The number of nitrogens with one attached hydrogen (secondary N) is 1. The lowest BCUT2D eigenvalue weighted by molar-refractivity contribution is -0.382. The lowest BCUT2D eigenvalue weighted by Crippen LogP contribution is -2.75. The molecule has 3 saturated heterocycles. The number of halogens is 1. The van der Waals surface area contributed by atoms with Crippen LogP contribution in [0.1, 0.15) is 32.3 Å². The fourth-order valence-electron chi connectivity index (χ4n) is 4.93. The second-order valence-electron chi connectivity index (χ2n) is 9.43. The largest absolute Gasteiger partial charge is 0.441 e. The molecule has 2 N–H and O–H groups in total. The van der Waals surface area contributed by atoms with E-state index < -0.39 is 53.4 Å². The first-order valence-electron chi connectivity index (χ1n) is 11.6. The molecule has 1 aromatic carbocycles. The van der Waals surface area contributed by atoms with Crippen molar-refractivity contribution in [1.29, 1.82) is 0 Å². The molecular formula is C24H32ClNO9. The molecule has 11 heteroatoms. The number of alkyl carbamates (subject to hydrolysis) is 1. The van der Waals surface area contributed by atoms with Gasteiger partial charge in [0.1, 0.15) is 24.7 Å². The van der Waals surface area contributed by atoms with E-state index in [0.717, 1.165) is 12.8 Å². The Hall–Kier alpha value is -1.79. The van der Waals surface area contributed by atoms with Crippen LogP contribution in [0, 0.1) is 0 Å². The van der Waals surface area contributed by atoms with Gasteiger partial charge < -0.3 is 33.5 Å². The van der Waals surface area contributed by atoms with Crippen LogP contribution in [0.3, 0.4) is 0 Å². The number of aliphatic hydroxyl groups is 1. The minimum absolute atomic E-state index is 0.0728. The van der Waals surface area contributed by atoms with Crippen molar-refractivity contribution in [3.63, 3.8) is 0 Å². The molecule has 2 amide bonds. The molecule has 0 saturated carbocycles. The van der Waals surface area contributed by atoms with E-state index >= 15 is 0 Å². The lowest BCUT2D eigenvalue weighted by Gasteiger charge is -2.51. The monoisotopic (exact) mass is 513 g/mol. The van der Waals surface area contributed by atoms with Gasteiger partial charge in [0.05, 0.1) is 12.7 Å². The number of hydrogen-bond acceptors (Lipinski definition) is 9. The van der Waals surface area contributed by atoms with E-state index in [0.29, 0.717) is 6.42 Å². The molecule has 3 heterocycles. The Morgan fingerprint density at radius 2 is 1.97 bits per heavy atom. The Bertz CT molecular complexity index is 916. The number of carbonyl (C=O) groups is 2. The van der Waals surface area contributed by atoms with Crippen molar-refractivity contribution in [2.75, 3.05) is 26.2 Å². The van der Waals surface area contributed by atoms with Crippen molar-refractivity contribution < 1.29 is 43.1 Å². The molecule has 3 aliphatic heterocycles. The Balaban J connectivity index is 1.51. The maximum absolute atomic E-state index is 12.2. The zero-order valence-electron chi connectivity index (χ0n) is 20.0. The predicted octanol–water partition coefficient (Wildman–Crippen LogP) is 1.89. The van der Waals surface area contributed by atoms with Gasteiger partial charge in [-0.1, -0.05) is 30.3 Å². The molecule has 1 spiro atoms. The van der Waals surface area contributed by atoms with E-state index in [1.54, 1.807) is 13.8 Å². The van der Waals surface area contributed by atoms with Crippen LogP contribution < -0.4 is 5.32 Å². The minimum atomic E-state index is -1.87. The summed E-state index contributed by atoms with van der Waals surface area (Å²) >= 11 is 5.44. The molecule has 0 bridgehead atoms. The minimum Gasteiger partial charge on any atom is -0.441 e. The first-order chi connectivity index (χ1) is 16.6. The summed E-state index contributed by atoms with van der Waals surface area (Å²) < 4.78 is 34.9. The van der Waals surface area contributed by atoms with E-state index in [2.05, 4.69) is 12.1 Å². The molecule has 0 aliphatic carbocycles. The number of aryl methyl sites for hydroxylation is 1. The number of benzene rings is 1. The van der Waals surface area contributed by atoms with Gasteiger partial charge in [-0.25, -0.2) is 4.79 Å². The second-order valence-corrected chi connectivity index (χ2v) is 9.70. The standard InChI is InChI=1S/C24H32ClNO9/c1-22(2)32-14-23(35-22)24(29,20-16(33-20)11-7-10-15-8-5-4-6-9-15)19(30-3)17(13-31-23)34-21(28)26-18(27)12-25/h4-6,8-9,16-17,19-20,29H,7,10-14H2,1-3H3,(H,26,27,28)/t16?,17-,19-,20?,23+,24+/m1/s1. The highest BCUT2D eigenvalue weighted by atomic mass is 35.5. The van der Waals surface area contributed by atoms with Crippen LogP contribution >= 0.6 is 11.6 Å². The zero-order valence-corrected chi connectivity index (χ0v) is 20.8. The smallest absolute Gasteiger partial charge is 0.414 e. The van der Waals surface area contributed by atoms with Gasteiger partial charge in [0.25, 0.3) is 0 Å². The van der Waals surface area contributed by atoms with Crippen molar-refractivity contribution in [3.05, 3.63) is 35.9 Å². The van der Waals surface area contributed by atoms with Crippen LogP contribution in [0.2, 0.25) is 0 Å². The van der Waals surface area contributed by atoms with Gasteiger partial charge in [-0.2, -0.15) is 0 Å². The summed E-state index contributed by atoms with van der Waals surface area (Å²) in [6.07, 6.45) is -1.75. The topological polar surface area (TPSA) is 125 Å². The third-order valence-corrected chi connectivity index (χ3v) is 6.81. The maximum atomic E-state index is 12.2. The van der Waals surface area contributed by atoms with Crippen molar-refractivity contribution in [2.45, 2.75) is 74.7 Å². The van der Waals surface area contributed by atoms with E-state index in [1.807, 2.05) is 23.5 Å². The fraction of sp³-hybridized carbons (Fsp3) is 0.667. The summed E-state index contributed by atoms with van der Waals surface area (Å²) in [5.74, 6) is -3.75. The highest BCUT2D eigenvalue weighted by Gasteiger charge is 2.76. The average Bonchev–Trinajstić information content (AvgIpc) is 3.53. The Labute approximate surface area is 209 Å². The number of hydrogen-bond donors (Lipinski definition) is 2. The molecule has 10 nitrogen and oxygen atoms in total. The number of imide groups is 1. The van der Waals surface area contributed by atoms with Crippen molar-refractivity contribution >= 4 is 23.6 Å². The molecule has 194 valence electrons. The summed E-state index contributed by atoms with van der Waals surface area (Å²) in [4.78, 5) is 23.7. The van der Waals surface area contributed by atoms with E-state index in [-0.39, 0.29) is 19.3 Å². The van der Waals surface area contributed by atoms with Crippen LogP contribution in [0.4, 0.5) is 4.79 Å². The van der Waals surface area contributed by atoms with Gasteiger partial charge in [-0.15, -0.1) is 11.6 Å². The molecule has 2 unspecified atom stereocenters. The number of epoxide rings is 1. The summed E-state index contributed by atoms with van der Waals surface area (Å²) in [7, 11) is 1.39. The molecule has 3 fully saturated rings. The van der Waals surface area contributed by atoms with Crippen LogP contribution in [-0.4, -0.2) is 84.9 Å². The number of carbonyl (C=O) groups excluding carboxylic acids is 2. The molecule has 3 aliphatic rings. The summed E-state index contributed by atoms with van der Waals surface area (Å²) in [5.41, 5.74) is -0.650. The lowest BCUT2D eigenvalue weighted by atomic mass is 9.77. The number of methoxy groups -OCH3 is 1. The van der Waals surface area contributed by atoms with Crippen LogP contribution in [0.15, 0.2) is 30.3 Å². The van der Waals surface area contributed by atoms with Crippen molar-refractivity contribution in [3.8, 4) is 0 Å². The van der Waals surface area contributed by atoms with Gasteiger partial charge in [0, 0.05) is 7.11 Å². The first-order valence-corrected chi connectivity index (χ1v) is 12.2. The van der Waals surface area contributed by atoms with Crippen LogP contribution in [0.5, 0.6) is 0 Å². The highest BCUT2D eigenvalue weighted by molar-refractivity contribution is 6.28. The fourth-order valence-corrected chi connectivity index (χ4v) is 5.00. The Morgan fingerprint density at radius 3 is 2.60 bits per heavy atom. The van der Waals surface area contributed by atoms with E-state index in [1.165, 1.54) is 12.7 Å². The van der Waals surface area contributed by atoms with Gasteiger partial charge in [0.15, 0.2) is 17.5 Å². The first kappa shape index (κ1) is 26.3. The molecule has 6 atom stereocenters. The van der Waals surface area contributed by atoms with Gasteiger partial charge in [-0.3, -0.25) is 10.1 Å². The summed E-state index contributed by atoms with van der Waals surface area (Å²) in [5, 5.41) is 14.2. The van der Waals surface area contributed by atoms with Crippen LogP contribution in [-0.2, 0) is 39.6 Å². The normalized spacial score (nSPS) is 35.6. The Kier molecular flexibility index (Phi) is 7.73.